The number of benzene rings is 1. The van der Waals surface area contributed by atoms with Gasteiger partial charge in [0.25, 0.3) is 5.56 Å². The number of halogens is 1. The Bertz CT molecular complexity index is 1250. The summed E-state index contributed by atoms with van der Waals surface area (Å²) in [5.41, 5.74) is 5.97. The quantitative estimate of drug-likeness (QED) is 0.202. The van der Waals surface area contributed by atoms with Crippen LogP contribution >= 0.6 is 11.6 Å². The molecule has 3 rings (SSSR count). The molecule has 0 unspecified atom stereocenters. The molecule has 0 radical (unpaired) electrons. The van der Waals surface area contributed by atoms with Crippen LogP contribution in [0.2, 0.25) is 5.02 Å². The van der Waals surface area contributed by atoms with Crippen molar-refractivity contribution in [1.82, 2.24) is 14.9 Å². The van der Waals surface area contributed by atoms with Crippen molar-refractivity contribution in [2.24, 2.45) is 5.73 Å². The van der Waals surface area contributed by atoms with Gasteiger partial charge in [-0.3, -0.25) is 19.0 Å². The molecule has 218 valence electrons. The Balaban J connectivity index is 1.45. The third-order valence-electron chi connectivity index (χ3n) is 6.61. The molecule has 0 saturated carbocycles. The Labute approximate surface area is 239 Å². The Morgan fingerprint density at radius 1 is 1.15 bits per heavy atom. The van der Waals surface area contributed by atoms with E-state index < -0.39 is 6.10 Å². The standard InChI is InChI=1S/C29H39ClN4O6/c30-25-18-24-26(33-20-34(29(24)38)19-23(36)17-27-28(37)9-4-11-32-27)16-21(25)6-2-1-3-7-22(35)8-5-12-39-14-15-40-13-10-31/h16,18,20,27-28,32,37H,1,3-5,7-15,17,19,31H2/t27-,28+/m0/s1. The molecule has 0 amide bonds. The summed E-state index contributed by atoms with van der Waals surface area (Å²) in [6.45, 7) is 3.17. The van der Waals surface area contributed by atoms with Gasteiger partial charge in [0, 0.05) is 50.4 Å². The molecule has 1 aromatic carbocycles. The van der Waals surface area contributed by atoms with E-state index in [0.29, 0.717) is 93.0 Å². The molecular weight excluding hydrogens is 536 g/mol. The fourth-order valence-electron chi connectivity index (χ4n) is 4.46. The van der Waals surface area contributed by atoms with E-state index in [-0.39, 0.29) is 36.1 Å². The number of hydrogen-bond donors (Lipinski definition) is 3. The summed E-state index contributed by atoms with van der Waals surface area (Å²) in [6, 6.07) is 2.89. The Kier molecular flexibility index (Phi) is 13.7. The van der Waals surface area contributed by atoms with Crippen LogP contribution in [0, 0.1) is 11.8 Å². The molecule has 0 aliphatic carbocycles. The molecule has 1 aliphatic rings. The normalized spacial score (nSPS) is 17.0. The number of aliphatic hydroxyl groups is 1. The molecule has 1 aromatic heterocycles. The number of aromatic nitrogens is 2. The van der Waals surface area contributed by atoms with Crippen LogP contribution in [0.4, 0.5) is 0 Å². The number of nitrogens with two attached hydrogens (primary N) is 1. The number of fused-ring (bicyclic) bond motifs is 1. The van der Waals surface area contributed by atoms with Gasteiger partial charge in [0.2, 0.25) is 0 Å². The highest BCUT2D eigenvalue weighted by atomic mass is 35.5. The third-order valence-corrected chi connectivity index (χ3v) is 6.93. The number of piperidine rings is 1. The van der Waals surface area contributed by atoms with Crippen LogP contribution in [0.1, 0.15) is 56.9 Å². The Morgan fingerprint density at radius 2 is 1.93 bits per heavy atom. The van der Waals surface area contributed by atoms with E-state index >= 15 is 0 Å². The molecule has 1 fully saturated rings. The number of aliphatic hydroxyl groups excluding tert-OH is 1. The van der Waals surface area contributed by atoms with Crippen molar-refractivity contribution in [3.63, 3.8) is 0 Å². The monoisotopic (exact) mass is 574 g/mol. The lowest BCUT2D eigenvalue weighted by molar-refractivity contribution is -0.121. The average molecular weight is 575 g/mol. The molecular formula is C29H39ClN4O6. The van der Waals surface area contributed by atoms with Gasteiger partial charge < -0.3 is 25.6 Å². The van der Waals surface area contributed by atoms with Gasteiger partial charge in [-0.25, -0.2) is 4.98 Å². The number of hydrogen-bond acceptors (Lipinski definition) is 9. The molecule has 2 heterocycles. The molecule has 1 saturated heterocycles. The topological polar surface area (TPSA) is 146 Å². The van der Waals surface area contributed by atoms with E-state index in [9.17, 15) is 19.5 Å². The number of unbranched alkanes of at least 4 members (excludes halogenated alkanes) is 1. The minimum absolute atomic E-state index is 0.123. The van der Waals surface area contributed by atoms with Gasteiger partial charge in [0.05, 0.1) is 54.7 Å². The van der Waals surface area contributed by atoms with Crippen molar-refractivity contribution in [2.45, 2.75) is 70.1 Å². The second-order valence-electron chi connectivity index (χ2n) is 9.85. The minimum atomic E-state index is -0.564. The van der Waals surface area contributed by atoms with Crippen molar-refractivity contribution in [3.05, 3.63) is 39.4 Å². The summed E-state index contributed by atoms with van der Waals surface area (Å²) in [7, 11) is 0. The van der Waals surface area contributed by atoms with Crippen molar-refractivity contribution in [3.8, 4) is 11.8 Å². The van der Waals surface area contributed by atoms with E-state index in [2.05, 4.69) is 22.1 Å². The van der Waals surface area contributed by atoms with Crippen molar-refractivity contribution < 1.29 is 24.2 Å². The largest absolute Gasteiger partial charge is 0.391 e. The first-order chi connectivity index (χ1) is 19.4. The number of ketones is 2. The molecule has 40 heavy (non-hydrogen) atoms. The van der Waals surface area contributed by atoms with Crippen LogP contribution in [0.25, 0.3) is 10.9 Å². The summed E-state index contributed by atoms with van der Waals surface area (Å²) in [6.07, 6.45) is 5.26. The molecule has 4 N–H and O–H groups in total. The first kappa shape index (κ1) is 31.9. The highest BCUT2D eigenvalue weighted by Gasteiger charge is 2.25. The van der Waals surface area contributed by atoms with Crippen LogP contribution in [-0.4, -0.2) is 77.9 Å². The van der Waals surface area contributed by atoms with Gasteiger partial charge >= 0.3 is 0 Å². The number of ether oxygens (including phenoxy) is 2. The lowest BCUT2D eigenvalue weighted by Gasteiger charge is -2.28. The molecule has 2 atom stereocenters. The highest BCUT2D eigenvalue weighted by Crippen LogP contribution is 2.20. The molecule has 1 aliphatic heterocycles. The lowest BCUT2D eigenvalue weighted by Crippen LogP contribution is -2.46. The van der Waals surface area contributed by atoms with E-state index in [0.717, 1.165) is 13.0 Å². The first-order valence-electron chi connectivity index (χ1n) is 13.9. The minimum Gasteiger partial charge on any atom is -0.391 e. The maximum absolute atomic E-state index is 13.0. The van der Waals surface area contributed by atoms with Gasteiger partial charge in [-0.05, 0) is 44.4 Å². The zero-order chi connectivity index (χ0) is 28.7. The number of carbonyl (C=O) groups is 2. The predicted molar refractivity (Wildman–Crippen MR) is 153 cm³/mol. The maximum atomic E-state index is 13.0. The van der Waals surface area contributed by atoms with E-state index in [1.165, 1.54) is 17.0 Å². The van der Waals surface area contributed by atoms with Gasteiger partial charge in [0.1, 0.15) is 5.78 Å². The van der Waals surface area contributed by atoms with E-state index in [4.69, 9.17) is 26.8 Å². The molecule has 10 nitrogen and oxygen atoms in total. The van der Waals surface area contributed by atoms with Crippen LogP contribution in [-0.2, 0) is 25.6 Å². The first-order valence-corrected chi connectivity index (χ1v) is 14.2. The van der Waals surface area contributed by atoms with Crippen molar-refractivity contribution in [1.29, 1.82) is 0 Å². The number of Topliss-reactive ketones (excluding diaryl/α,β-unsaturated/α-hetero) is 2. The molecule has 0 spiro atoms. The second-order valence-corrected chi connectivity index (χ2v) is 10.3. The zero-order valence-corrected chi connectivity index (χ0v) is 23.6. The van der Waals surface area contributed by atoms with Gasteiger partial charge in [-0.2, -0.15) is 0 Å². The maximum Gasteiger partial charge on any atom is 0.261 e. The van der Waals surface area contributed by atoms with Gasteiger partial charge in [-0.1, -0.05) is 23.4 Å². The van der Waals surface area contributed by atoms with Crippen LogP contribution in [0.3, 0.4) is 0 Å². The van der Waals surface area contributed by atoms with Crippen LogP contribution in [0.15, 0.2) is 23.3 Å². The fraction of sp³-hybridized carbons (Fsp3) is 0.586. The van der Waals surface area contributed by atoms with Crippen LogP contribution < -0.4 is 16.6 Å². The number of rotatable bonds is 16. The summed E-state index contributed by atoms with van der Waals surface area (Å²) >= 11 is 6.40. The molecule has 2 aromatic rings. The lowest BCUT2D eigenvalue weighted by atomic mass is 9.97. The number of carbonyl (C=O) groups excluding carboxylic acids is 2. The number of nitrogens with one attached hydrogen (secondary N) is 1. The second kappa shape index (κ2) is 17.2. The summed E-state index contributed by atoms with van der Waals surface area (Å²) < 4.78 is 11.9. The molecule has 11 heteroatoms. The van der Waals surface area contributed by atoms with Gasteiger partial charge in [0.15, 0.2) is 5.78 Å². The third kappa shape index (κ3) is 10.4. The summed E-state index contributed by atoms with van der Waals surface area (Å²) in [5, 5.41) is 13.9. The van der Waals surface area contributed by atoms with E-state index in [1.807, 2.05) is 0 Å². The van der Waals surface area contributed by atoms with E-state index in [1.54, 1.807) is 6.07 Å². The van der Waals surface area contributed by atoms with Crippen LogP contribution in [0.5, 0.6) is 0 Å². The summed E-state index contributed by atoms with van der Waals surface area (Å²) in [4.78, 5) is 41.9. The number of nitrogens with zero attached hydrogens (tertiary/aromatic N) is 2. The molecule has 0 bridgehead atoms. The average Bonchev–Trinajstić information content (AvgIpc) is 2.93. The van der Waals surface area contributed by atoms with Crippen molar-refractivity contribution >= 4 is 34.1 Å². The van der Waals surface area contributed by atoms with Gasteiger partial charge in [-0.15, -0.1) is 0 Å². The SMILES string of the molecule is NCCOCCOCCCC(=O)CCCC#Cc1cc2ncn(CC(=O)C[C@@H]3NCCC[C@H]3O)c(=O)c2cc1Cl. The Morgan fingerprint density at radius 3 is 2.70 bits per heavy atom. The van der Waals surface area contributed by atoms with Crippen molar-refractivity contribution in [2.75, 3.05) is 39.5 Å². The smallest absolute Gasteiger partial charge is 0.261 e. The fourth-order valence-corrected chi connectivity index (χ4v) is 4.68. The summed E-state index contributed by atoms with van der Waals surface area (Å²) in [5.74, 6) is 6.07. The zero-order valence-electron chi connectivity index (χ0n) is 22.8. The Hall–Kier alpha value is -2.65. The highest BCUT2D eigenvalue weighted by molar-refractivity contribution is 6.32. The predicted octanol–water partition coefficient (Wildman–Crippen LogP) is 1.98.